The van der Waals surface area contributed by atoms with Crippen molar-refractivity contribution in [2.45, 2.75) is 36.8 Å². The van der Waals surface area contributed by atoms with E-state index >= 15 is 0 Å². The highest BCUT2D eigenvalue weighted by Gasteiger charge is 2.42. The molecule has 2 aromatic heterocycles. The van der Waals surface area contributed by atoms with Crippen molar-refractivity contribution in [1.82, 2.24) is 14.8 Å². The first kappa shape index (κ1) is 24.8. The van der Waals surface area contributed by atoms with Gasteiger partial charge in [0.15, 0.2) is 5.67 Å². The third kappa shape index (κ3) is 4.51. The van der Waals surface area contributed by atoms with Gasteiger partial charge in [0.1, 0.15) is 34.6 Å². The zero-order valence-corrected chi connectivity index (χ0v) is 20.0. The Bertz CT molecular complexity index is 1260. The molecule has 8 nitrogen and oxygen atoms in total. The van der Waals surface area contributed by atoms with Gasteiger partial charge >= 0.3 is 0 Å². The number of thiazole rings is 1. The molecule has 2 fully saturated rings. The fourth-order valence-electron chi connectivity index (χ4n) is 4.24. The van der Waals surface area contributed by atoms with E-state index in [0.717, 1.165) is 23.5 Å². The molecule has 1 amide bonds. The number of aryl methyl sites for hydroxylation is 1. The van der Waals surface area contributed by atoms with Gasteiger partial charge in [-0.1, -0.05) is 0 Å². The van der Waals surface area contributed by atoms with Crippen LogP contribution < -0.4 is 11.1 Å². The minimum absolute atomic E-state index is 0.0686. The summed E-state index contributed by atoms with van der Waals surface area (Å²) in [6.07, 6.45) is 0.434. The molecular formula is C23H23F4N5O3S. The second-order valence-corrected chi connectivity index (χ2v) is 9.77. The highest BCUT2D eigenvalue weighted by molar-refractivity contribution is 7.13. The van der Waals surface area contributed by atoms with Crippen LogP contribution in [0, 0.1) is 11.6 Å². The lowest BCUT2D eigenvalue weighted by Crippen LogP contribution is -2.42. The average Bonchev–Trinajstić information content (AvgIpc) is 3.40. The van der Waals surface area contributed by atoms with Gasteiger partial charge in [-0.15, -0.1) is 11.3 Å². The van der Waals surface area contributed by atoms with Crippen LogP contribution in [0.15, 0.2) is 23.7 Å². The predicted octanol–water partition coefficient (Wildman–Crippen LogP) is 3.79. The molecule has 0 spiro atoms. The lowest BCUT2D eigenvalue weighted by atomic mass is 9.93. The van der Waals surface area contributed by atoms with Crippen LogP contribution in [0.2, 0.25) is 0 Å². The molecule has 0 bridgehead atoms. The summed E-state index contributed by atoms with van der Waals surface area (Å²) in [5.41, 5.74) is 4.09. The zero-order valence-electron chi connectivity index (χ0n) is 19.1. The summed E-state index contributed by atoms with van der Waals surface area (Å²) in [6, 6.07) is 1.21. The van der Waals surface area contributed by atoms with Gasteiger partial charge in [-0.2, -0.15) is 5.10 Å². The van der Waals surface area contributed by atoms with Crippen molar-refractivity contribution < 1.29 is 31.8 Å². The minimum Gasteiger partial charge on any atom is -0.374 e. The van der Waals surface area contributed by atoms with Gasteiger partial charge in [-0.3, -0.25) is 9.48 Å². The van der Waals surface area contributed by atoms with E-state index in [1.54, 1.807) is 7.05 Å². The number of carbonyl (C=O) groups excluding carboxylic acids is 1. The van der Waals surface area contributed by atoms with Gasteiger partial charge in [-0.25, -0.2) is 22.5 Å². The van der Waals surface area contributed by atoms with Crippen molar-refractivity contribution in [2.75, 3.05) is 25.1 Å². The monoisotopic (exact) mass is 525 g/mol. The summed E-state index contributed by atoms with van der Waals surface area (Å²) < 4.78 is 70.0. The highest BCUT2D eigenvalue weighted by Crippen LogP contribution is 2.38. The molecule has 1 aromatic carbocycles. The Hall–Kier alpha value is -2.87. The number of alkyl halides is 2. The Labute approximate surface area is 207 Å². The Kier molecular flexibility index (Phi) is 6.57. The summed E-state index contributed by atoms with van der Waals surface area (Å²) in [4.78, 5) is 17.0. The molecule has 3 atom stereocenters. The van der Waals surface area contributed by atoms with Crippen molar-refractivity contribution in [1.29, 1.82) is 0 Å². The first-order chi connectivity index (χ1) is 17.2. The van der Waals surface area contributed by atoms with Gasteiger partial charge in [0.2, 0.25) is 0 Å². The van der Waals surface area contributed by atoms with Crippen molar-refractivity contribution in [3.63, 3.8) is 0 Å². The van der Waals surface area contributed by atoms with E-state index in [0.29, 0.717) is 24.2 Å². The molecule has 0 aliphatic carbocycles. The smallest absolute Gasteiger partial charge is 0.275 e. The summed E-state index contributed by atoms with van der Waals surface area (Å²) in [5.74, 6) is -2.61. The van der Waals surface area contributed by atoms with Gasteiger partial charge in [0.25, 0.3) is 5.91 Å². The molecule has 2 aliphatic heterocycles. The molecule has 4 heterocycles. The van der Waals surface area contributed by atoms with E-state index in [2.05, 4.69) is 15.4 Å². The van der Waals surface area contributed by atoms with E-state index < -0.39 is 47.1 Å². The van der Waals surface area contributed by atoms with Crippen LogP contribution in [0.25, 0.3) is 10.6 Å². The molecule has 2 aliphatic rings. The second-order valence-electron chi connectivity index (χ2n) is 8.91. The van der Waals surface area contributed by atoms with Gasteiger partial charge in [-0.05, 0) is 30.5 Å². The molecule has 5 rings (SSSR count). The number of carbonyl (C=O) groups is 1. The third-order valence-electron chi connectivity index (χ3n) is 6.39. The van der Waals surface area contributed by atoms with Crippen LogP contribution in [0.5, 0.6) is 0 Å². The number of ether oxygens (including phenoxy) is 2. The summed E-state index contributed by atoms with van der Waals surface area (Å²) in [6.45, 7) is -0.710. The number of anilines is 1. The van der Waals surface area contributed by atoms with Crippen LogP contribution in [-0.4, -0.2) is 52.7 Å². The molecule has 0 radical (unpaired) electrons. The third-order valence-corrected chi connectivity index (χ3v) is 7.25. The number of nitrogens with zero attached hydrogens (tertiary/aromatic N) is 3. The molecule has 0 unspecified atom stereocenters. The molecule has 0 saturated carbocycles. The molecule has 2 saturated heterocycles. The largest absolute Gasteiger partial charge is 0.374 e. The molecule has 36 heavy (non-hydrogen) atoms. The maximum absolute atomic E-state index is 14.8. The van der Waals surface area contributed by atoms with E-state index in [1.807, 2.05) is 0 Å². The number of rotatable bonds is 5. The number of hydrogen-bond donors (Lipinski definition) is 2. The first-order valence-electron chi connectivity index (χ1n) is 11.2. The van der Waals surface area contributed by atoms with Gasteiger partial charge < -0.3 is 20.5 Å². The Balaban J connectivity index is 1.35. The predicted molar refractivity (Wildman–Crippen MR) is 123 cm³/mol. The summed E-state index contributed by atoms with van der Waals surface area (Å²) >= 11 is 0.872. The fraction of sp³-hybridized carbons (Fsp3) is 0.435. The SMILES string of the molecule is Cn1ncc(NC(=O)c2csc(-c3c(F)cc(C4(F)COC4)cc3F)n2)c1[C@@H]1CC[C@@H](N)[C@H](F)CO1. The lowest BCUT2D eigenvalue weighted by molar-refractivity contribution is -0.135. The molecule has 13 heteroatoms. The van der Waals surface area contributed by atoms with Crippen LogP contribution in [-0.2, 0) is 22.2 Å². The van der Waals surface area contributed by atoms with E-state index in [9.17, 15) is 22.4 Å². The molecule has 192 valence electrons. The topological polar surface area (TPSA) is 104 Å². The van der Waals surface area contributed by atoms with Crippen LogP contribution in [0.3, 0.4) is 0 Å². The number of nitrogens with one attached hydrogen (secondary N) is 1. The number of aromatic nitrogens is 3. The number of amides is 1. The molecule has 3 N–H and O–H groups in total. The van der Waals surface area contributed by atoms with Gasteiger partial charge in [0, 0.05) is 18.5 Å². The van der Waals surface area contributed by atoms with Gasteiger partial charge in [0.05, 0.1) is 43.0 Å². The van der Waals surface area contributed by atoms with E-state index in [-0.39, 0.29) is 36.1 Å². The number of nitrogens with two attached hydrogens (primary N) is 1. The standard InChI is InChI=1S/C23H23F4N5O3S/c1-32-20(18-3-2-15(28)14(26)7-35-18)16(6-29-32)30-21(33)17-8-36-22(31-17)19-12(24)4-11(5-13(19)25)23(27)9-34-10-23/h4-6,8,14-15,18H,2-3,7,9-10,28H2,1H3,(H,30,33)/t14-,15-,18+/m1/s1. The van der Waals surface area contributed by atoms with E-state index in [1.165, 1.54) is 16.3 Å². The minimum atomic E-state index is -1.92. The van der Waals surface area contributed by atoms with Crippen LogP contribution in [0.4, 0.5) is 23.2 Å². The van der Waals surface area contributed by atoms with Crippen molar-refractivity contribution in [3.05, 3.63) is 52.3 Å². The Morgan fingerprint density at radius 1 is 1.28 bits per heavy atom. The van der Waals surface area contributed by atoms with E-state index in [4.69, 9.17) is 15.2 Å². The molecular weight excluding hydrogens is 502 g/mol. The number of halogens is 4. The summed E-state index contributed by atoms with van der Waals surface area (Å²) in [5, 5.41) is 8.15. The molecule has 3 aromatic rings. The highest BCUT2D eigenvalue weighted by atomic mass is 32.1. The maximum atomic E-state index is 14.8. The van der Waals surface area contributed by atoms with Crippen LogP contribution >= 0.6 is 11.3 Å². The summed E-state index contributed by atoms with van der Waals surface area (Å²) in [7, 11) is 1.67. The van der Waals surface area contributed by atoms with Crippen molar-refractivity contribution in [3.8, 4) is 10.6 Å². The quantitative estimate of drug-likeness (QED) is 0.492. The Morgan fingerprint density at radius 2 is 2.00 bits per heavy atom. The number of hydrogen-bond acceptors (Lipinski definition) is 7. The second kappa shape index (κ2) is 9.54. The maximum Gasteiger partial charge on any atom is 0.275 e. The van der Waals surface area contributed by atoms with Crippen molar-refractivity contribution >= 4 is 22.9 Å². The normalized spacial score (nSPS) is 23.7. The average molecular weight is 526 g/mol. The Morgan fingerprint density at radius 3 is 2.67 bits per heavy atom. The van der Waals surface area contributed by atoms with Crippen molar-refractivity contribution in [2.24, 2.45) is 12.8 Å². The van der Waals surface area contributed by atoms with Crippen LogP contribution in [0.1, 0.15) is 40.7 Å². The number of benzene rings is 1. The zero-order chi connectivity index (χ0) is 25.6. The first-order valence-corrected chi connectivity index (χ1v) is 12.1. The lowest BCUT2D eigenvalue weighted by Gasteiger charge is -2.34. The fourth-order valence-corrected chi connectivity index (χ4v) is 5.09.